The second kappa shape index (κ2) is 10.2. The third-order valence-electron chi connectivity index (χ3n) is 4.66. The van der Waals surface area contributed by atoms with E-state index in [1.807, 2.05) is 24.3 Å². The smallest absolute Gasteiger partial charge is 0.256 e. The van der Waals surface area contributed by atoms with E-state index >= 15 is 0 Å². The molecule has 2 N–H and O–H groups in total. The Kier molecular flexibility index (Phi) is 7.11. The van der Waals surface area contributed by atoms with Gasteiger partial charge in [-0.05, 0) is 17.7 Å². The largest absolute Gasteiger partial charge is 0.496 e. The number of methoxy groups -OCH3 is 3. The van der Waals surface area contributed by atoms with Crippen molar-refractivity contribution in [2.75, 3.05) is 26.6 Å². The first-order chi connectivity index (χ1) is 15.1. The highest BCUT2D eigenvalue weighted by Crippen LogP contribution is 2.35. The summed E-state index contributed by atoms with van der Waals surface area (Å²) < 4.78 is 15.9. The van der Waals surface area contributed by atoms with Gasteiger partial charge in [0.05, 0.1) is 26.9 Å². The number of hydrogen-bond acceptors (Lipinski definition) is 5. The van der Waals surface area contributed by atoms with E-state index in [0.29, 0.717) is 28.5 Å². The van der Waals surface area contributed by atoms with Gasteiger partial charge in [-0.3, -0.25) is 9.59 Å². The molecule has 3 aromatic carbocycles. The lowest BCUT2D eigenvalue weighted by atomic mass is 10.0. The molecule has 1 unspecified atom stereocenters. The van der Waals surface area contributed by atoms with E-state index in [0.717, 1.165) is 0 Å². The van der Waals surface area contributed by atoms with Crippen molar-refractivity contribution in [1.82, 2.24) is 5.32 Å². The Morgan fingerprint density at radius 3 is 1.87 bits per heavy atom. The van der Waals surface area contributed by atoms with Crippen LogP contribution in [0.4, 0.5) is 5.69 Å². The van der Waals surface area contributed by atoms with Crippen LogP contribution in [0.5, 0.6) is 17.2 Å². The minimum Gasteiger partial charge on any atom is -0.496 e. The Morgan fingerprint density at radius 2 is 1.29 bits per heavy atom. The first-order valence-corrected chi connectivity index (χ1v) is 9.59. The maximum atomic E-state index is 13.2. The van der Waals surface area contributed by atoms with Crippen molar-refractivity contribution >= 4 is 17.5 Å². The number of rotatable bonds is 8. The van der Waals surface area contributed by atoms with Gasteiger partial charge in [-0.1, -0.05) is 48.5 Å². The Labute approximate surface area is 180 Å². The summed E-state index contributed by atoms with van der Waals surface area (Å²) in [6.45, 7) is 0. The molecule has 0 heterocycles. The SMILES string of the molecule is COc1cc(OC)c(C(=O)NC(C(=O)Nc2ccccc2)c2ccccc2)cc1OC. The Hall–Kier alpha value is -4.00. The van der Waals surface area contributed by atoms with Gasteiger partial charge in [0.1, 0.15) is 11.8 Å². The van der Waals surface area contributed by atoms with Gasteiger partial charge in [-0.25, -0.2) is 0 Å². The van der Waals surface area contributed by atoms with Gasteiger partial charge >= 0.3 is 0 Å². The summed E-state index contributed by atoms with van der Waals surface area (Å²) in [6.07, 6.45) is 0. The number of nitrogens with one attached hydrogen (secondary N) is 2. The van der Waals surface area contributed by atoms with Crippen LogP contribution in [0.25, 0.3) is 0 Å². The molecular formula is C24H24N2O5. The summed E-state index contributed by atoms with van der Waals surface area (Å²) in [7, 11) is 4.43. The number of carbonyl (C=O) groups is 2. The highest BCUT2D eigenvalue weighted by Gasteiger charge is 2.26. The number of anilines is 1. The van der Waals surface area contributed by atoms with Gasteiger partial charge < -0.3 is 24.8 Å². The van der Waals surface area contributed by atoms with Crippen LogP contribution in [0.15, 0.2) is 72.8 Å². The highest BCUT2D eigenvalue weighted by atomic mass is 16.5. The van der Waals surface area contributed by atoms with E-state index in [9.17, 15) is 9.59 Å². The van der Waals surface area contributed by atoms with Crippen molar-refractivity contribution in [3.8, 4) is 17.2 Å². The summed E-state index contributed by atoms with van der Waals surface area (Å²) in [5, 5.41) is 5.64. The number of amides is 2. The molecule has 0 saturated carbocycles. The fraction of sp³-hybridized carbons (Fsp3) is 0.167. The van der Waals surface area contributed by atoms with Crippen LogP contribution in [0.1, 0.15) is 22.0 Å². The molecule has 0 fully saturated rings. The predicted molar refractivity (Wildman–Crippen MR) is 118 cm³/mol. The molecule has 0 spiro atoms. The summed E-state index contributed by atoms with van der Waals surface area (Å²) in [5.41, 5.74) is 1.49. The molecule has 0 saturated heterocycles. The summed E-state index contributed by atoms with van der Waals surface area (Å²) in [6, 6.07) is 20.2. The van der Waals surface area contributed by atoms with E-state index in [2.05, 4.69) is 10.6 Å². The van der Waals surface area contributed by atoms with Crippen LogP contribution in [0.3, 0.4) is 0 Å². The third kappa shape index (κ3) is 5.14. The Bertz CT molecular complexity index is 1040. The van der Waals surface area contributed by atoms with Gasteiger partial charge in [0.2, 0.25) is 0 Å². The molecule has 2 amide bonds. The molecule has 160 valence electrons. The van der Waals surface area contributed by atoms with Crippen molar-refractivity contribution in [2.24, 2.45) is 0 Å². The van der Waals surface area contributed by atoms with Crippen LogP contribution < -0.4 is 24.8 Å². The van der Waals surface area contributed by atoms with E-state index < -0.39 is 11.9 Å². The fourth-order valence-corrected chi connectivity index (χ4v) is 3.10. The number of hydrogen-bond donors (Lipinski definition) is 2. The molecule has 0 aliphatic rings. The van der Waals surface area contributed by atoms with Crippen molar-refractivity contribution in [2.45, 2.75) is 6.04 Å². The minimum atomic E-state index is -0.924. The van der Waals surface area contributed by atoms with Crippen molar-refractivity contribution in [3.63, 3.8) is 0 Å². The predicted octanol–water partition coefficient (Wildman–Crippen LogP) is 3.82. The number of para-hydroxylation sites is 1. The maximum Gasteiger partial charge on any atom is 0.256 e. The first kappa shape index (κ1) is 21.7. The van der Waals surface area contributed by atoms with Gasteiger partial charge in [0, 0.05) is 17.8 Å². The molecule has 7 heteroatoms. The van der Waals surface area contributed by atoms with Gasteiger partial charge in [0.25, 0.3) is 11.8 Å². The second-order valence-electron chi connectivity index (χ2n) is 6.58. The molecule has 31 heavy (non-hydrogen) atoms. The average molecular weight is 420 g/mol. The quantitative estimate of drug-likeness (QED) is 0.579. The molecule has 0 aliphatic heterocycles. The molecule has 3 rings (SSSR count). The van der Waals surface area contributed by atoms with Gasteiger partial charge in [-0.2, -0.15) is 0 Å². The molecule has 0 aromatic heterocycles. The number of benzene rings is 3. The lowest BCUT2D eigenvalue weighted by Crippen LogP contribution is -2.37. The minimum absolute atomic E-state index is 0.216. The van der Waals surface area contributed by atoms with Gasteiger partial charge in [-0.15, -0.1) is 0 Å². The molecule has 0 aliphatic carbocycles. The lowest BCUT2D eigenvalue weighted by Gasteiger charge is -2.20. The third-order valence-corrected chi connectivity index (χ3v) is 4.66. The molecular weight excluding hydrogens is 396 g/mol. The van der Waals surface area contributed by atoms with Crippen molar-refractivity contribution in [3.05, 3.63) is 83.9 Å². The maximum absolute atomic E-state index is 13.2. The zero-order chi connectivity index (χ0) is 22.2. The first-order valence-electron chi connectivity index (χ1n) is 9.59. The molecule has 7 nitrogen and oxygen atoms in total. The number of ether oxygens (including phenoxy) is 3. The van der Waals surface area contributed by atoms with Crippen molar-refractivity contribution < 1.29 is 23.8 Å². The molecule has 1 atom stereocenters. The Morgan fingerprint density at radius 1 is 0.742 bits per heavy atom. The van der Waals surface area contributed by atoms with Gasteiger partial charge in [0.15, 0.2) is 11.5 Å². The molecule has 0 radical (unpaired) electrons. The fourth-order valence-electron chi connectivity index (χ4n) is 3.10. The summed E-state index contributed by atoms with van der Waals surface area (Å²) >= 11 is 0. The Balaban J connectivity index is 1.92. The normalized spacial score (nSPS) is 11.2. The molecule has 0 bridgehead atoms. The zero-order valence-electron chi connectivity index (χ0n) is 17.5. The highest BCUT2D eigenvalue weighted by molar-refractivity contribution is 6.03. The monoisotopic (exact) mass is 420 g/mol. The van der Waals surface area contributed by atoms with Crippen LogP contribution in [0, 0.1) is 0 Å². The van der Waals surface area contributed by atoms with Crippen molar-refractivity contribution in [1.29, 1.82) is 0 Å². The van der Waals surface area contributed by atoms with Crippen LogP contribution in [-0.2, 0) is 4.79 Å². The van der Waals surface area contributed by atoms with Crippen LogP contribution in [0.2, 0.25) is 0 Å². The summed E-state index contributed by atoms with van der Waals surface area (Å²) in [4.78, 5) is 26.2. The standard InChI is InChI=1S/C24H24N2O5/c1-29-19-15-21(31-3)20(30-2)14-18(19)23(27)26-22(16-10-6-4-7-11-16)24(28)25-17-12-8-5-9-13-17/h4-15,22H,1-3H3,(H,25,28)(H,26,27). The lowest BCUT2D eigenvalue weighted by molar-refractivity contribution is -0.118. The summed E-state index contributed by atoms with van der Waals surface area (Å²) in [5.74, 6) is 0.237. The molecule has 3 aromatic rings. The van der Waals surface area contributed by atoms with E-state index in [4.69, 9.17) is 14.2 Å². The van der Waals surface area contributed by atoms with Crippen LogP contribution in [-0.4, -0.2) is 33.1 Å². The average Bonchev–Trinajstić information content (AvgIpc) is 2.82. The topological polar surface area (TPSA) is 85.9 Å². The van der Waals surface area contributed by atoms with E-state index in [-0.39, 0.29) is 11.5 Å². The van der Waals surface area contributed by atoms with Crippen LogP contribution >= 0.6 is 0 Å². The second-order valence-corrected chi connectivity index (χ2v) is 6.58. The van der Waals surface area contributed by atoms with E-state index in [1.165, 1.54) is 27.4 Å². The zero-order valence-corrected chi connectivity index (χ0v) is 17.5. The van der Waals surface area contributed by atoms with E-state index in [1.54, 1.807) is 42.5 Å². The number of carbonyl (C=O) groups excluding carboxylic acids is 2.